The van der Waals surface area contributed by atoms with E-state index in [4.69, 9.17) is 37.4 Å². The number of aromatic amines is 1. The zero-order valence-electron chi connectivity index (χ0n) is 24.8. The van der Waals surface area contributed by atoms with E-state index in [1.165, 1.54) is 10.8 Å². The second-order valence-corrected chi connectivity index (χ2v) is 12.1. The Labute approximate surface area is 275 Å². The van der Waals surface area contributed by atoms with Crippen molar-refractivity contribution in [2.45, 2.75) is 18.4 Å². The summed E-state index contributed by atoms with van der Waals surface area (Å²) >= 11 is 12.7. The van der Waals surface area contributed by atoms with Crippen molar-refractivity contribution in [3.05, 3.63) is 118 Å². The smallest absolute Gasteiger partial charge is 0.333 e. The predicted molar refractivity (Wildman–Crippen MR) is 176 cm³/mol. The van der Waals surface area contributed by atoms with Crippen molar-refractivity contribution >= 4 is 34.6 Å². The lowest BCUT2D eigenvalue weighted by atomic mass is 10.1. The number of nitrogens with one attached hydrogen (secondary N) is 1. The third-order valence-electron chi connectivity index (χ3n) is 8.30. The van der Waals surface area contributed by atoms with Crippen LogP contribution < -0.4 is 20.2 Å². The molecule has 5 aromatic rings. The summed E-state index contributed by atoms with van der Waals surface area (Å²) in [5.41, 5.74) is 3.13. The Morgan fingerprint density at radius 2 is 1.63 bits per heavy atom. The number of hydrogen-bond acceptors (Lipinski definition) is 8. The van der Waals surface area contributed by atoms with Crippen LogP contribution in [0.25, 0.3) is 5.69 Å². The zero-order chi connectivity index (χ0) is 31.7. The molecule has 3 aromatic carbocycles. The molecular weight excluding hydrogens is 631 g/mol. The zero-order valence-corrected chi connectivity index (χ0v) is 26.3. The Balaban J connectivity index is 0.937. The highest BCUT2D eigenvalue weighted by Gasteiger charge is 2.45. The molecule has 0 aliphatic carbocycles. The molecule has 13 heteroatoms. The van der Waals surface area contributed by atoms with E-state index in [0.29, 0.717) is 41.1 Å². The van der Waals surface area contributed by atoms with Gasteiger partial charge < -0.3 is 38.7 Å². The molecule has 0 amide bonds. The minimum atomic E-state index is -1.10. The van der Waals surface area contributed by atoms with Crippen LogP contribution in [0.1, 0.15) is 5.56 Å². The third-order valence-corrected chi connectivity index (χ3v) is 8.85. The Bertz CT molecular complexity index is 1840. The Morgan fingerprint density at radius 1 is 0.957 bits per heavy atom. The Morgan fingerprint density at radius 3 is 2.24 bits per heavy atom. The number of halogens is 2. The third kappa shape index (κ3) is 6.19. The summed E-state index contributed by atoms with van der Waals surface area (Å²) in [4.78, 5) is 23.2. The number of hydrogen-bond donors (Lipinski definition) is 2. The first kappa shape index (κ1) is 30.2. The average Bonchev–Trinajstić information content (AvgIpc) is 3.82. The molecular formula is C33H32Cl2N6O5. The minimum Gasteiger partial charge on any atom is -0.493 e. The molecule has 0 unspecified atom stereocenters. The lowest BCUT2D eigenvalue weighted by molar-refractivity contribution is -0.189. The maximum atomic E-state index is 12.0. The van der Waals surface area contributed by atoms with Crippen LogP contribution in [-0.2, 0) is 21.8 Å². The molecule has 2 atom stereocenters. The fraction of sp³-hybridized carbons (Fsp3) is 0.273. The normalized spacial score (nSPS) is 19.9. The van der Waals surface area contributed by atoms with Crippen LogP contribution in [0.15, 0.2) is 96.4 Å². The first-order valence-electron chi connectivity index (χ1n) is 14.9. The maximum Gasteiger partial charge on any atom is 0.333 e. The van der Waals surface area contributed by atoms with E-state index < -0.39 is 5.79 Å². The van der Waals surface area contributed by atoms with E-state index in [2.05, 4.69) is 31.9 Å². The van der Waals surface area contributed by atoms with Crippen molar-refractivity contribution < 1.29 is 19.3 Å². The van der Waals surface area contributed by atoms with Crippen molar-refractivity contribution in [1.29, 1.82) is 0 Å². The summed E-state index contributed by atoms with van der Waals surface area (Å²) in [5.74, 6) is -0.475. The van der Waals surface area contributed by atoms with Gasteiger partial charge in [-0.2, -0.15) is 0 Å². The van der Waals surface area contributed by atoms with E-state index in [-0.39, 0.29) is 17.7 Å². The monoisotopic (exact) mass is 662 g/mol. The van der Waals surface area contributed by atoms with Gasteiger partial charge in [-0.1, -0.05) is 29.3 Å². The fourth-order valence-corrected chi connectivity index (χ4v) is 6.51. The van der Waals surface area contributed by atoms with Crippen LogP contribution in [0.5, 0.6) is 11.6 Å². The molecule has 2 N–H and O–H groups in total. The highest BCUT2D eigenvalue weighted by Crippen LogP contribution is 2.40. The number of rotatable bonds is 9. The molecule has 238 valence electrons. The number of anilines is 2. The number of aromatic nitrogens is 4. The van der Waals surface area contributed by atoms with Crippen molar-refractivity contribution in [2.75, 3.05) is 49.2 Å². The van der Waals surface area contributed by atoms with E-state index in [0.717, 1.165) is 43.3 Å². The van der Waals surface area contributed by atoms with Crippen LogP contribution in [0.3, 0.4) is 0 Å². The van der Waals surface area contributed by atoms with Gasteiger partial charge in [0.2, 0.25) is 11.7 Å². The molecule has 0 saturated carbocycles. The molecule has 4 heterocycles. The van der Waals surface area contributed by atoms with Gasteiger partial charge in [-0.05, 0) is 60.7 Å². The number of benzene rings is 3. The number of imidazole rings is 2. The molecule has 0 spiro atoms. The van der Waals surface area contributed by atoms with Gasteiger partial charge in [0.05, 0.1) is 36.4 Å². The largest absolute Gasteiger partial charge is 0.493 e. The molecule has 7 rings (SSSR count). The first-order chi connectivity index (χ1) is 22.4. The minimum absolute atomic E-state index is 0.119. The van der Waals surface area contributed by atoms with Gasteiger partial charge in [-0.25, -0.2) is 14.3 Å². The van der Waals surface area contributed by atoms with Crippen molar-refractivity contribution in [3.8, 4) is 17.3 Å². The summed E-state index contributed by atoms with van der Waals surface area (Å²) in [6.07, 6.45) is 6.24. The second-order valence-electron chi connectivity index (χ2n) is 11.2. The van der Waals surface area contributed by atoms with Gasteiger partial charge in [0.25, 0.3) is 0 Å². The van der Waals surface area contributed by atoms with Gasteiger partial charge >= 0.3 is 5.69 Å². The van der Waals surface area contributed by atoms with E-state index in [9.17, 15) is 9.90 Å². The Hall–Kier alpha value is -4.42. The quantitative estimate of drug-likeness (QED) is 0.226. The molecule has 2 fully saturated rings. The summed E-state index contributed by atoms with van der Waals surface area (Å²) in [6.45, 7) is 4.45. The Kier molecular flexibility index (Phi) is 8.39. The molecule has 2 aromatic heterocycles. The fourth-order valence-electron chi connectivity index (χ4n) is 5.96. The number of ether oxygens (including phenoxy) is 3. The molecule has 0 bridgehead atoms. The van der Waals surface area contributed by atoms with E-state index in [1.807, 2.05) is 53.2 Å². The molecule has 2 aliphatic rings. The summed E-state index contributed by atoms with van der Waals surface area (Å²) < 4.78 is 22.0. The number of piperazine rings is 1. The van der Waals surface area contributed by atoms with Gasteiger partial charge in [0.1, 0.15) is 18.5 Å². The van der Waals surface area contributed by atoms with Crippen LogP contribution in [0.4, 0.5) is 11.4 Å². The van der Waals surface area contributed by atoms with Gasteiger partial charge in [-0.15, -0.1) is 0 Å². The maximum absolute atomic E-state index is 12.0. The highest BCUT2D eigenvalue weighted by atomic mass is 35.5. The van der Waals surface area contributed by atoms with Gasteiger partial charge in [0, 0.05) is 60.5 Å². The predicted octanol–water partition coefficient (Wildman–Crippen LogP) is 5.05. The van der Waals surface area contributed by atoms with Crippen LogP contribution in [0, 0.1) is 0 Å². The number of aromatic hydroxyl groups is 1. The topological polar surface area (TPSA) is 110 Å². The molecule has 11 nitrogen and oxygen atoms in total. The van der Waals surface area contributed by atoms with Crippen LogP contribution in [-0.4, -0.2) is 69.7 Å². The van der Waals surface area contributed by atoms with Crippen LogP contribution >= 0.6 is 23.2 Å². The number of H-pyrrole nitrogens is 1. The number of nitrogens with zero attached hydrogens (tertiary/aromatic N) is 5. The molecule has 0 radical (unpaired) electrons. The van der Waals surface area contributed by atoms with Gasteiger partial charge in [0.15, 0.2) is 0 Å². The van der Waals surface area contributed by atoms with E-state index in [1.54, 1.807) is 24.7 Å². The summed E-state index contributed by atoms with van der Waals surface area (Å²) in [6, 6.07) is 21.0. The molecule has 46 heavy (non-hydrogen) atoms. The second kappa shape index (κ2) is 12.8. The first-order valence-corrected chi connectivity index (χ1v) is 15.7. The standard InChI is InChI=1S/C33H32Cl2N6O5/c34-23-1-10-29(30(35)17-23)33(21-38-12-11-36-22-38)45-20-28(46-33)19-44-27-8-6-25(7-9-27)40-15-13-39(14-16-40)24-2-4-26(5-3-24)41-31(42)18-37-32(41)43/h1-12,17-18,22,28,42H,13-16,19-21H2,(H,37,43)/t28-,33-/m1/s1. The summed E-state index contributed by atoms with van der Waals surface area (Å²) in [7, 11) is 0. The summed E-state index contributed by atoms with van der Waals surface area (Å²) in [5, 5.41) is 10.9. The highest BCUT2D eigenvalue weighted by molar-refractivity contribution is 6.35. The van der Waals surface area contributed by atoms with Crippen molar-refractivity contribution in [3.63, 3.8) is 0 Å². The van der Waals surface area contributed by atoms with Gasteiger partial charge in [-0.3, -0.25) is 0 Å². The van der Waals surface area contributed by atoms with Crippen molar-refractivity contribution in [1.82, 2.24) is 19.1 Å². The molecule has 2 aliphatic heterocycles. The lowest BCUT2D eigenvalue weighted by Gasteiger charge is -2.37. The average molecular weight is 664 g/mol. The van der Waals surface area contributed by atoms with E-state index >= 15 is 0 Å². The van der Waals surface area contributed by atoms with Crippen LogP contribution in [0.2, 0.25) is 10.0 Å². The van der Waals surface area contributed by atoms with Crippen molar-refractivity contribution in [2.24, 2.45) is 0 Å². The lowest BCUT2D eigenvalue weighted by Crippen LogP contribution is -2.46. The SMILES string of the molecule is O=c1[nH]cc(O)n1-c1ccc(N2CCN(c3ccc(OC[C@@H]4CO[C@@](Cn5ccnc5)(c5ccc(Cl)cc5Cl)O4)cc3)CC2)cc1. The molecule has 2 saturated heterocycles.